The standard InChI is InChI=1S/C20H23N3O/c24-19(20-9-14-5-15(10-20)7-16(6-14)11-20)23-12-13-1-2-17-18(8-13)22-4-3-21-17/h1-4,8,14-16H,5-7,9-12H2,(H,23,24). The van der Waals surface area contributed by atoms with Crippen LogP contribution >= 0.6 is 0 Å². The van der Waals surface area contributed by atoms with Crippen molar-refractivity contribution >= 4 is 16.9 Å². The van der Waals surface area contributed by atoms with Gasteiger partial charge in [-0.05, 0) is 74.0 Å². The molecule has 1 amide bonds. The third-order valence-electron chi connectivity index (χ3n) is 6.51. The van der Waals surface area contributed by atoms with Gasteiger partial charge in [0.2, 0.25) is 5.91 Å². The van der Waals surface area contributed by atoms with E-state index in [-0.39, 0.29) is 5.41 Å². The highest BCUT2D eigenvalue weighted by Gasteiger charge is 2.54. The summed E-state index contributed by atoms with van der Waals surface area (Å²) >= 11 is 0. The van der Waals surface area contributed by atoms with Crippen LogP contribution in [0.1, 0.15) is 44.1 Å². The Balaban J connectivity index is 1.31. The van der Waals surface area contributed by atoms with Crippen molar-refractivity contribution in [3.8, 4) is 0 Å². The van der Waals surface area contributed by atoms with Gasteiger partial charge in [0.1, 0.15) is 0 Å². The summed E-state index contributed by atoms with van der Waals surface area (Å²) in [6.45, 7) is 0.590. The zero-order chi connectivity index (χ0) is 16.1. The zero-order valence-corrected chi connectivity index (χ0v) is 13.9. The van der Waals surface area contributed by atoms with Crippen molar-refractivity contribution in [2.75, 3.05) is 0 Å². The van der Waals surface area contributed by atoms with E-state index in [2.05, 4.69) is 15.3 Å². The first kappa shape index (κ1) is 14.4. The van der Waals surface area contributed by atoms with Crippen LogP contribution in [-0.4, -0.2) is 15.9 Å². The third kappa shape index (κ3) is 2.31. The maximum atomic E-state index is 13.0. The quantitative estimate of drug-likeness (QED) is 0.942. The zero-order valence-electron chi connectivity index (χ0n) is 13.9. The van der Waals surface area contributed by atoms with Crippen molar-refractivity contribution in [3.63, 3.8) is 0 Å². The van der Waals surface area contributed by atoms with Gasteiger partial charge in [-0.15, -0.1) is 0 Å². The van der Waals surface area contributed by atoms with E-state index in [4.69, 9.17) is 0 Å². The second-order valence-corrected chi connectivity index (χ2v) is 8.26. The molecule has 1 heterocycles. The molecule has 4 aliphatic rings. The second kappa shape index (κ2) is 5.27. The van der Waals surface area contributed by atoms with Crippen molar-refractivity contribution in [3.05, 3.63) is 36.2 Å². The van der Waals surface area contributed by atoms with Gasteiger partial charge in [0.05, 0.1) is 11.0 Å². The molecule has 2 aromatic rings. The molecule has 1 aromatic carbocycles. The van der Waals surface area contributed by atoms with Crippen LogP contribution in [-0.2, 0) is 11.3 Å². The number of amides is 1. The van der Waals surface area contributed by atoms with Gasteiger partial charge in [-0.1, -0.05) is 6.07 Å². The molecule has 1 aromatic heterocycles. The number of carbonyl (C=O) groups is 1. The average molecular weight is 321 g/mol. The minimum absolute atomic E-state index is 0.0641. The van der Waals surface area contributed by atoms with Gasteiger partial charge in [0.15, 0.2) is 0 Å². The molecule has 6 rings (SSSR count). The van der Waals surface area contributed by atoms with Gasteiger partial charge in [-0.3, -0.25) is 14.8 Å². The Kier molecular flexibility index (Phi) is 3.15. The maximum absolute atomic E-state index is 13.0. The van der Waals surface area contributed by atoms with E-state index in [1.54, 1.807) is 12.4 Å². The number of nitrogens with one attached hydrogen (secondary N) is 1. The van der Waals surface area contributed by atoms with Crippen LogP contribution in [0.5, 0.6) is 0 Å². The molecule has 4 bridgehead atoms. The number of hydrogen-bond donors (Lipinski definition) is 1. The molecule has 4 fully saturated rings. The summed E-state index contributed by atoms with van der Waals surface area (Å²) < 4.78 is 0. The average Bonchev–Trinajstić information content (AvgIpc) is 2.58. The summed E-state index contributed by atoms with van der Waals surface area (Å²) in [5.74, 6) is 2.70. The number of nitrogens with zero attached hydrogens (tertiary/aromatic N) is 2. The summed E-state index contributed by atoms with van der Waals surface area (Å²) in [6.07, 6.45) is 10.9. The number of carbonyl (C=O) groups excluding carboxylic acids is 1. The fourth-order valence-electron chi connectivity index (χ4n) is 5.88. The number of hydrogen-bond acceptors (Lipinski definition) is 3. The molecule has 0 spiro atoms. The minimum atomic E-state index is -0.0641. The number of rotatable bonds is 3. The first-order valence-electron chi connectivity index (χ1n) is 9.18. The fourth-order valence-corrected chi connectivity index (χ4v) is 5.88. The normalized spacial score (nSPS) is 33.8. The van der Waals surface area contributed by atoms with Gasteiger partial charge in [0, 0.05) is 24.4 Å². The summed E-state index contributed by atoms with van der Waals surface area (Å²) in [6, 6.07) is 6.05. The highest BCUT2D eigenvalue weighted by molar-refractivity contribution is 5.83. The van der Waals surface area contributed by atoms with Crippen LogP contribution < -0.4 is 5.32 Å². The largest absolute Gasteiger partial charge is 0.352 e. The Morgan fingerprint density at radius 1 is 1.00 bits per heavy atom. The van der Waals surface area contributed by atoms with E-state index >= 15 is 0 Å². The van der Waals surface area contributed by atoms with Crippen molar-refractivity contribution in [2.45, 2.75) is 45.1 Å². The molecule has 4 saturated carbocycles. The number of benzene rings is 1. The highest BCUT2D eigenvalue weighted by atomic mass is 16.2. The molecular formula is C20H23N3O. The van der Waals surface area contributed by atoms with Gasteiger partial charge in [-0.25, -0.2) is 0 Å². The minimum Gasteiger partial charge on any atom is -0.352 e. The predicted octanol–water partition coefficient (Wildman–Crippen LogP) is 3.46. The fraction of sp³-hybridized carbons (Fsp3) is 0.550. The van der Waals surface area contributed by atoms with E-state index in [0.717, 1.165) is 53.6 Å². The SMILES string of the molecule is O=C(NCc1ccc2nccnc2c1)C12CC3CC(CC(C3)C1)C2. The molecule has 124 valence electrons. The number of fused-ring (bicyclic) bond motifs is 1. The Bertz CT molecular complexity index is 765. The van der Waals surface area contributed by atoms with Crippen LogP contribution in [0.4, 0.5) is 0 Å². The highest BCUT2D eigenvalue weighted by Crippen LogP contribution is 2.60. The predicted molar refractivity (Wildman–Crippen MR) is 92.0 cm³/mol. The number of aromatic nitrogens is 2. The monoisotopic (exact) mass is 321 g/mol. The van der Waals surface area contributed by atoms with Crippen molar-refractivity contribution in [2.24, 2.45) is 23.2 Å². The first-order chi connectivity index (χ1) is 11.7. The van der Waals surface area contributed by atoms with E-state index in [0.29, 0.717) is 12.5 Å². The Morgan fingerprint density at radius 2 is 1.62 bits per heavy atom. The molecule has 0 aliphatic heterocycles. The lowest BCUT2D eigenvalue weighted by atomic mass is 9.49. The third-order valence-corrected chi connectivity index (χ3v) is 6.51. The van der Waals surface area contributed by atoms with Crippen LogP contribution in [0, 0.1) is 23.2 Å². The molecule has 0 saturated heterocycles. The first-order valence-corrected chi connectivity index (χ1v) is 9.18. The summed E-state index contributed by atoms with van der Waals surface area (Å²) in [5.41, 5.74) is 2.82. The van der Waals surface area contributed by atoms with E-state index in [1.165, 1.54) is 19.3 Å². The van der Waals surface area contributed by atoms with Crippen LogP contribution in [0.15, 0.2) is 30.6 Å². The Hall–Kier alpha value is -1.97. The maximum Gasteiger partial charge on any atom is 0.226 e. The topological polar surface area (TPSA) is 54.9 Å². The molecule has 0 radical (unpaired) electrons. The molecule has 4 aliphatic carbocycles. The van der Waals surface area contributed by atoms with Gasteiger partial charge in [0.25, 0.3) is 0 Å². The summed E-state index contributed by atoms with van der Waals surface area (Å²) in [5, 5.41) is 3.23. The van der Waals surface area contributed by atoms with E-state index in [1.807, 2.05) is 18.2 Å². The summed E-state index contributed by atoms with van der Waals surface area (Å²) in [7, 11) is 0. The second-order valence-electron chi connectivity index (χ2n) is 8.26. The smallest absolute Gasteiger partial charge is 0.226 e. The molecule has 0 unspecified atom stereocenters. The van der Waals surface area contributed by atoms with Gasteiger partial charge >= 0.3 is 0 Å². The van der Waals surface area contributed by atoms with Gasteiger partial charge in [-0.2, -0.15) is 0 Å². The molecule has 24 heavy (non-hydrogen) atoms. The lowest BCUT2D eigenvalue weighted by Crippen LogP contribution is -2.53. The van der Waals surface area contributed by atoms with Crippen molar-refractivity contribution < 1.29 is 4.79 Å². The molecule has 4 nitrogen and oxygen atoms in total. The van der Waals surface area contributed by atoms with Crippen LogP contribution in [0.3, 0.4) is 0 Å². The van der Waals surface area contributed by atoms with Crippen molar-refractivity contribution in [1.29, 1.82) is 0 Å². The molecule has 4 heteroatoms. The van der Waals surface area contributed by atoms with E-state index in [9.17, 15) is 4.79 Å². The van der Waals surface area contributed by atoms with Crippen molar-refractivity contribution in [1.82, 2.24) is 15.3 Å². The van der Waals surface area contributed by atoms with Crippen LogP contribution in [0.2, 0.25) is 0 Å². The lowest BCUT2D eigenvalue weighted by Gasteiger charge is -2.55. The van der Waals surface area contributed by atoms with Gasteiger partial charge < -0.3 is 5.32 Å². The molecular weight excluding hydrogens is 298 g/mol. The van der Waals surface area contributed by atoms with E-state index < -0.39 is 0 Å². The molecule has 1 N–H and O–H groups in total. The summed E-state index contributed by atoms with van der Waals surface area (Å²) in [4.78, 5) is 21.6. The van der Waals surface area contributed by atoms with Crippen LogP contribution in [0.25, 0.3) is 11.0 Å². The molecule has 0 atom stereocenters. The Labute approximate surface area is 142 Å². The lowest BCUT2D eigenvalue weighted by molar-refractivity contribution is -0.146. The Morgan fingerprint density at radius 3 is 2.29 bits per heavy atom.